The van der Waals surface area contributed by atoms with Gasteiger partial charge in [-0.25, -0.2) is 4.68 Å². The van der Waals surface area contributed by atoms with Crippen LogP contribution < -0.4 is 5.32 Å². The zero-order valence-electron chi connectivity index (χ0n) is 15.7. The molecule has 1 amide bonds. The van der Waals surface area contributed by atoms with Crippen molar-refractivity contribution in [3.8, 4) is 0 Å². The third kappa shape index (κ3) is 5.17. The fraction of sp³-hybridized carbons (Fsp3) is 0.300. The molecule has 0 aliphatic heterocycles. The van der Waals surface area contributed by atoms with E-state index in [1.807, 2.05) is 63.2 Å². The van der Waals surface area contributed by atoms with Crippen molar-refractivity contribution < 1.29 is 4.79 Å². The van der Waals surface area contributed by atoms with Gasteiger partial charge in [-0.1, -0.05) is 60.3 Å². The Hall–Kier alpha value is -2.67. The fourth-order valence-corrected chi connectivity index (χ4v) is 3.48. The molecular formula is C20H23N5OS. The van der Waals surface area contributed by atoms with E-state index in [-0.39, 0.29) is 17.2 Å². The van der Waals surface area contributed by atoms with Crippen LogP contribution in [0.25, 0.3) is 0 Å². The predicted molar refractivity (Wildman–Crippen MR) is 108 cm³/mol. The number of aromatic nitrogens is 4. The number of nitrogens with one attached hydrogen (secondary N) is 1. The summed E-state index contributed by atoms with van der Waals surface area (Å²) in [5.74, 6) is 0.166. The molecule has 0 bridgehead atoms. The fourth-order valence-electron chi connectivity index (χ4n) is 2.62. The van der Waals surface area contributed by atoms with Gasteiger partial charge in [0.1, 0.15) is 0 Å². The van der Waals surface area contributed by atoms with E-state index in [0.29, 0.717) is 5.16 Å². The number of benzene rings is 2. The third-order valence-electron chi connectivity index (χ3n) is 3.94. The van der Waals surface area contributed by atoms with Gasteiger partial charge in [-0.2, -0.15) is 0 Å². The van der Waals surface area contributed by atoms with Crippen molar-refractivity contribution in [3.63, 3.8) is 0 Å². The topological polar surface area (TPSA) is 72.7 Å². The third-order valence-corrected chi connectivity index (χ3v) is 4.86. The van der Waals surface area contributed by atoms with Gasteiger partial charge in [0, 0.05) is 5.69 Å². The summed E-state index contributed by atoms with van der Waals surface area (Å²) in [6, 6.07) is 18.1. The van der Waals surface area contributed by atoms with Crippen LogP contribution >= 0.6 is 11.8 Å². The van der Waals surface area contributed by atoms with Crippen LogP contribution in [0.1, 0.15) is 31.9 Å². The van der Waals surface area contributed by atoms with Crippen LogP contribution in [0.2, 0.25) is 0 Å². The van der Waals surface area contributed by atoms with Crippen molar-refractivity contribution in [2.24, 2.45) is 0 Å². The molecule has 3 rings (SSSR count). The molecule has 27 heavy (non-hydrogen) atoms. The van der Waals surface area contributed by atoms with Crippen molar-refractivity contribution in [3.05, 3.63) is 65.7 Å². The number of tetrazole rings is 1. The normalized spacial score (nSPS) is 11.4. The average Bonchev–Trinajstić information content (AvgIpc) is 3.12. The van der Waals surface area contributed by atoms with Crippen LogP contribution in [0.15, 0.2) is 59.8 Å². The summed E-state index contributed by atoms with van der Waals surface area (Å²) in [5.41, 5.74) is 2.90. The van der Waals surface area contributed by atoms with E-state index in [4.69, 9.17) is 0 Å². The minimum Gasteiger partial charge on any atom is -0.325 e. The second-order valence-corrected chi connectivity index (χ2v) is 8.14. The highest BCUT2D eigenvalue weighted by molar-refractivity contribution is 7.99. The lowest BCUT2D eigenvalue weighted by Gasteiger charge is -2.19. The molecule has 3 aromatic rings. The summed E-state index contributed by atoms with van der Waals surface area (Å²) in [7, 11) is 0. The summed E-state index contributed by atoms with van der Waals surface area (Å²) in [4.78, 5) is 12.5. The smallest absolute Gasteiger partial charge is 0.234 e. The maximum Gasteiger partial charge on any atom is 0.234 e. The van der Waals surface area contributed by atoms with Crippen LogP contribution in [0, 0.1) is 0 Å². The number of carbonyl (C=O) groups excluding carboxylic acids is 1. The Kier molecular flexibility index (Phi) is 5.91. The lowest BCUT2D eigenvalue weighted by atomic mass is 10.0. The maximum atomic E-state index is 12.5. The lowest BCUT2D eigenvalue weighted by Crippen LogP contribution is -2.24. The van der Waals surface area contributed by atoms with E-state index >= 15 is 0 Å². The average molecular weight is 382 g/mol. The van der Waals surface area contributed by atoms with Crippen LogP contribution in [-0.2, 0) is 16.8 Å². The minimum absolute atomic E-state index is 0.0797. The Morgan fingerprint density at radius 3 is 2.52 bits per heavy atom. The molecule has 1 aromatic heterocycles. The first kappa shape index (κ1) is 19.1. The van der Waals surface area contributed by atoms with Gasteiger partial charge in [0.05, 0.1) is 11.3 Å². The highest BCUT2D eigenvalue weighted by atomic mass is 32.2. The largest absolute Gasteiger partial charge is 0.325 e. The van der Waals surface area contributed by atoms with Crippen molar-refractivity contribution in [2.45, 2.75) is 37.9 Å². The summed E-state index contributed by atoms with van der Waals surface area (Å²) in [6.45, 7) is 6.06. The van der Waals surface area contributed by atoms with E-state index in [1.165, 1.54) is 17.3 Å². The maximum absolute atomic E-state index is 12.5. The number of amides is 1. The van der Waals surface area contributed by atoms with Gasteiger partial charge >= 0.3 is 0 Å². The van der Waals surface area contributed by atoms with E-state index in [1.54, 1.807) is 4.68 Å². The van der Waals surface area contributed by atoms with Crippen LogP contribution in [0.5, 0.6) is 0 Å². The van der Waals surface area contributed by atoms with Crippen molar-refractivity contribution in [1.82, 2.24) is 20.2 Å². The number of anilines is 1. The number of hydrogen-bond donors (Lipinski definition) is 1. The van der Waals surface area contributed by atoms with E-state index in [2.05, 4.69) is 33.0 Å². The molecule has 0 atom stereocenters. The van der Waals surface area contributed by atoms with Gasteiger partial charge in [-0.15, -0.1) is 5.10 Å². The molecule has 2 aromatic carbocycles. The van der Waals surface area contributed by atoms with Gasteiger partial charge in [-0.3, -0.25) is 4.79 Å². The number of thioether (sulfide) groups is 1. The van der Waals surface area contributed by atoms with Crippen molar-refractivity contribution >= 4 is 23.4 Å². The van der Waals surface area contributed by atoms with Gasteiger partial charge in [-0.05, 0) is 54.8 Å². The van der Waals surface area contributed by atoms with Crippen LogP contribution in [0.4, 0.5) is 5.69 Å². The minimum atomic E-state index is -0.232. The Morgan fingerprint density at radius 2 is 1.78 bits per heavy atom. The number of para-hydroxylation sites is 1. The first-order chi connectivity index (χ1) is 12.9. The second kappa shape index (κ2) is 8.35. The molecular weight excluding hydrogens is 358 g/mol. The Morgan fingerprint density at radius 1 is 1.07 bits per heavy atom. The van der Waals surface area contributed by atoms with E-state index < -0.39 is 0 Å². The number of rotatable bonds is 6. The molecule has 0 aliphatic carbocycles. The van der Waals surface area contributed by atoms with Crippen LogP contribution in [0.3, 0.4) is 0 Å². The molecule has 1 heterocycles. The molecule has 0 aliphatic rings. The Labute approximate surface area is 163 Å². The van der Waals surface area contributed by atoms with Crippen molar-refractivity contribution in [2.75, 3.05) is 11.1 Å². The molecule has 0 radical (unpaired) electrons. The monoisotopic (exact) mass is 381 g/mol. The summed E-state index contributed by atoms with van der Waals surface area (Å²) in [5, 5.41) is 15.4. The molecule has 140 valence electrons. The van der Waals surface area contributed by atoms with Gasteiger partial charge in [0.2, 0.25) is 11.1 Å². The standard InChI is InChI=1S/C20H23N5OS/c1-20(2,3)25-19(22-23-24-25)27-14-18(26)21-17-12-8-7-11-16(17)13-15-9-5-4-6-10-15/h4-12H,13-14H2,1-3H3,(H,21,26). The molecule has 0 spiro atoms. The molecule has 0 saturated heterocycles. The highest BCUT2D eigenvalue weighted by Crippen LogP contribution is 2.23. The van der Waals surface area contributed by atoms with Gasteiger partial charge in [0.25, 0.3) is 0 Å². The van der Waals surface area contributed by atoms with E-state index in [0.717, 1.165) is 17.7 Å². The second-order valence-electron chi connectivity index (χ2n) is 7.20. The molecule has 0 unspecified atom stereocenters. The number of hydrogen-bond acceptors (Lipinski definition) is 5. The summed E-state index contributed by atoms with van der Waals surface area (Å²) < 4.78 is 1.73. The molecule has 0 fully saturated rings. The zero-order chi connectivity index (χ0) is 19.3. The first-order valence-electron chi connectivity index (χ1n) is 8.77. The molecule has 7 heteroatoms. The first-order valence-corrected chi connectivity index (χ1v) is 9.75. The Bertz CT molecular complexity index is 902. The Balaban J connectivity index is 1.64. The SMILES string of the molecule is CC(C)(C)n1nnnc1SCC(=O)Nc1ccccc1Cc1ccccc1. The zero-order valence-corrected chi connectivity index (χ0v) is 16.5. The highest BCUT2D eigenvalue weighted by Gasteiger charge is 2.20. The lowest BCUT2D eigenvalue weighted by molar-refractivity contribution is -0.113. The van der Waals surface area contributed by atoms with Crippen molar-refractivity contribution in [1.29, 1.82) is 0 Å². The predicted octanol–water partition coefficient (Wildman–Crippen LogP) is 3.75. The van der Waals surface area contributed by atoms with E-state index in [9.17, 15) is 4.79 Å². The van der Waals surface area contributed by atoms with Gasteiger partial charge in [0.15, 0.2) is 0 Å². The number of carbonyl (C=O) groups is 1. The molecule has 6 nitrogen and oxygen atoms in total. The van der Waals surface area contributed by atoms with Gasteiger partial charge < -0.3 is 5.32 Å². The summed E-state index contributed by atoms with van der Waals surface area (Å²) >= 11 is 1.33. The molecule has 0 saturated carbocycles. The quantitative estimate of drug-likeness (QED) is 0.658. The molecule has 1 N–H and O–H groups in total. The summed E-state index contributed by atoms with van der Waals surface area (Å²) in [6.07, 6.45) is 0.771. The number of nitrogens with zero attached hydrogens (tertiary/aromatic N) is 4. The van der Waals surface area contributed by atoms with Crippen LogP contribution in [-0.4, -0.2) is 31.9 Å².